The molecule has 0 aromatic carbocycles. The molecule has 2 N–H and O–H groups in total. The van der Waals surface area contributed by atoms with Crippen LogP contribution in [0.1, 0.15) is 61.3 Å². The van der Waals surface area contributed by atoms with Crippen LogP contribution in [0.4, 0.5) is 0 Å². The van der Waals surface area contributed by atoms with E-state index in [2.05, 4.69) is 37.8 Å². The molecule has 1 rings (SSSR count). The quantitative estimate of drug-likeness (QED) is 0.194. The van der Waals surface area contributed by atoms with Crippen LogP contribution >= 0.6 is 0 Å². The van der Waals surface area contributed by atoms with Crippen molar-refractivity contribution >= 4 is 0 Å². The molecule has 4 nitrogen and oxygen atoms in total. The minimum absolute atomic E-state index is 0.297. The maximum Gasteiger partial charge on any atom is 0.179 e. The van der Waals surface area contributed by atoms with Gasteiger partial charge in [0.1, 0.15) is 0 Å². The van der Waals surface area contributed by atoms with Gasteiger partial charge in [-0.2, -0.15) is 0 Å². The van der Waals surface area contributed by atoms with Gasteiger partial charge in [0.25, 0.3) is 0 Å². The van der Waals surface area contributed by atoms with E-state index in [0.717, 1.165) is 27.9 Å². The lowest BCUT2D eigenvalue weighted by atomic mass is 9.65. The zero-order valence-electron chi connectivity index (χ0n) is 23.6. The Kier molecular flexibility index (Phi) is 13.1. The highest BCUT2D eigenvalue weighted by Gasteiger charge is 2.44. The van der Waals surface area contributed by atoms with Gasteiger partial charge in [0, 0.05) is 26.2 Å². The number of aliphatic hydroxyl groups excluding tert-OH is 1. The van der Waals surface area contributed by atoms with E-state index in [9.17, 15) is 10.2 Å². The summed E-state index contributed by atoms with van der Waals surface area (Å²) in [5.74, 6) is 0. The van der Waals surface area contributed by atoms with Crippen molar-refractivity contribution in [3.8, 4) is 0 Å². The molecule has 36 heavy (non-hydrogen) atoms. The third-order valence-corrected chi connectivity index (χ3v) is 6.10. The minimum Gasteiger partial charge on any atom is -0.393 e. The molecule has 0 aromatic rings. The molecule has 0 amide bonds. The molecular weight excluding hydrogens is 448 g/mol. The van der Waals surface area contributed by atoms with Crippen LogP contribution in [0.2, 0.25) is 0 Å². The fourth-order valence-corrected chi connectivity index (χ4v) is 4.41. The molecular formula is C32H46O4. The van der Waals surface area contributed by atoms with Crippen LogP contribution in [0, 0.1) is 5.41 Å². The Morgan fingerprint density at radius 1 is 0.833 bits per heavy atom. The number of rotatable bonds is 10. The third kappa shape index (κ3) is 11.1. The van der Waals surface area contributed by atoms with Crippen LogP contribution in [0.5, 0.6) is 0 Å². The molecule has 198 valence electrons. The van der Waals surface area contributed by atoms with E-state index in [1.165, 1.54) is 0 Å². The van der Waals surface area contributed by atoms with Gasteiger partial charge in [-0.3, -0.25) is 0 Å². The minimum atomic E-state index is -1.05. The van der Waals surface area contributed by atoms with E-state index >= 15 is 0 Å². The average Bonchev–Trinajstić information content (AvgIpc) is 2.75. The molecule has 0 spiro atoms. The van der Waals surface area contributed by atoms with E-state index in [1.54, 1.807) is 21.1 Å². The Morgan fingerprint density at radius 3 is 1.83 bits per heavy atom. The standard InChI is InChI=1S/C32H46O4/c1-24(14-10-11-15-25(2)18-13-19-27(4)30(35-8)36-9)16-12-17-26(3)20-21-29-31(5,6)22-28(33)23-32(29,7)34/h10-20,28,30,33-34H,22-23H2,1-9H3/b11-10+,16-12+,18-13+,24-14+,25-15+,26-17+,27-19+/t21?,28-,32+/m0/s1. The second kappa shape index (κ2) is 14.9. The maximum atomic E-state index is 10.8. The van der Waals surface area contributed by atoms with Crippen LogP contribution < -0.4 is 0 Å². The van der Waals surface area contributed by atoms with E-state index in [4.69, 9.17) is 9.47 Å². The van der Waals surface area contributed by atoms with Crippen molar-refractivity contribution in [2.75, 3.05) is 14.2 Å². The summed E-state index contributed by atoms with van der Waals surface area (Å²) in [4.78, 5) is 0. The first-order chi connectivity index (χ1) is 16.8. The Morgan fingerprint density at radius 2 is 1.33 bits per heavy atom. The summed E-state index contributed by atoms with van der Waals surface area (Å²) in [6, 6.07) is 0. The van der Waals surface area contributed by atoms with E-state index in [-0.39, 0.29) is 11.7 Å². The summed E-state index contributed by atoms with van der Waals surface area (Å²) in [7, 11) is 3.25. The van der Waals surface area contributed by atoms with Crippen molar-refractivity contribution in [3.05, 3.63) is 100 Å². The van der Waals surface area contributed by atoms with Gasteiger partial charge < -0.3 is 19.7 Å². The van der Waals surface area contributed by atoms with E-state index in [0.29, 0.717) is 12.8 Å². The molecule has 2 atom stereocenters. The topological polar surface area (TPSA) is 58.9 Å². The number of allylic oxidation sites excluding steroid dienone is 13. The summed E-state index contributed by atoms with van der Waals surface area (Å²) in [6.07, 6.45) is 22.3. The fourth-order valence-electron chi connectivity index (χ4n) is 4.41. The van der Waals surface area contributed by atoms with Gasteiger partial charge in [-0.15, -0.1) is 5.73 Å². The van der Waals surface area contributed by atoms with Crippen LogP contribution in [0.3, 0.4) is 0 Å². The first-order valence-corrected chi connectivity index (χ1v) is 12.5. The van der Waals surface area contributed by atoms with Crippen molar-refractivity contribution in [2.45, 2.75) is 79.3 Å². The van der Waals surface area contributed by atoms with Gasteiger partial charge in [-0.1, -0.05) is 85.8 Å². The SMILES string of the molecule is COC(OC)/C(C)=C/C=C/C(C)=C/C=C/C=C(C)/C=C/C=C(\C)C=C=C1C(C)(C)C[C@H](O)C[C@@]1(C)O. The lowest BCUT2D eigenvalue weighted by Gasteiger charge is -2.43. The fraction of sp³-hybridized carbons (Fsp3) is 0.469. The van der Waals surface area contributed by atoms with Crippen LogP contribution in [-0.4, -0.2) is 42.4 Å². The van der Waals surface area contributed by atoms with Crippen LogP contribution in [-0.2, 0) is 9.47 Å². The summed E-state index contributed by atoms with van der Waals surface area (Å²) >= 11 is 0. The molecule has 0 saturated heterocycles. The first-order valence-electron chi connectivity index (χ1n) is 12.5. The number of hydrogen-bond acceptors (Lipinski definition) is 4. The molecule has 0 radical (unpaired) electrons. The molecule has 0 heterocycles. The van der Waals surface area contributed by atoms with Gasteiger partial charge in [0.15, 0.2) is 6.29 Å². The summed E-state index contributed by atoms with van der Waals surface area (Å²) in [5.41, 5.74) is 7.13. The Bertz CT molecular complexity index is 979. The summed E-state index contributed by atoms with van der Waals surface area (Å²) in [6.45, 7) is 14.0. The molecule has 0 bridgehead atoms. The zero-order chi connectivity index (χ0) is 27.4. The molecule has 1 saturated carbocycles. The molecule has 0 aromatic heterocycles. The number of aliphatic hydroxyl groups is 2. The monoisotopic (exact) mass is 494 g/mol. The Labute approximate surface area is 219 Å². The summed E-state index contributed by atoms with van der Waals surface area (Å²) in [5, 5.41) is 20.9. The van der Waals surface area contributed by atoms with Crippen LogP contribution in [0.25, 0.3) is 0 Å². The summed E-state index contributed by atoms with van der Waals surface area (Å²) < 4.78 is 10.5. The molecule has 1 fully saturated rings. The van der Waals surface area contributed by atoms with E-state index < -0.39 is 11.7 Å². The lowest BCUT2D eigenvalue weighted by molar-refractivity contribution is -0.0746. The van der Waals surface area contributed by atoms with Crippen LogP contribution in [0.15, 0.2) is 100 Å². The van der Waals surface area contributed by atoms with Gasteiger partial charge in [-0.05, 0) is 63.7 Å². The maximum absolute atomic E-state index is 10.8. The number of methoxy groups -OCH3 is 2. The van der Waals surface area contributed by atoms with Gasteiger partial charge in [0.05, 0.1) is 11.7 Å². The third-order valence-electron chi connectivity index (χ3n) is 6.10. The van der Waals surface area contributed by atoms with Crippen molar-refractivity contribution in [2.24, 2.45) is 5.41 Å². The number of ether oxygens (including phenoxy) is 2. The second-order valence-electron chi connectivity index (χ2n) is 10.4. The highest BCUT2D eigenvalue weighted by atomic mass is 16.7. The Balaban J connectivity index is 2.77. The second-order valence-corrected chi connectivity index (χ2v) is 10.4. The van der Waals surface area contributed by atoms with E-state index in [1.807, 2.05) is 76.3 Å². The smallest absolute Gasteiger partial charge is 0.179 e. The zero-order valence-corrected chi connectivity index (χ0v) is 23.6. The normalized spacial score (nSPS) is 24.4. The van der Waals surface area contributed by atoms with Gasteiger partial charge in [-0.25, -0.2) is 0 Å². The molecule has 1 aliphatic rings. The van der Waals surface area contributed by atoms with Crippen molar-refractivity contribution in [3.63, 3.8) is 0 Å². The van der Waals surface area contributed by atoms with Gasteiger partial charge >= 0.3 is 0 Å². The predicted molar refractivity (Wildman–Crippen MR) is 151 cm³/mol. The predicted octanol–water partition coefficient (Wildman–Crippen LogP) is 7.07. The molecule has 4 heteroatoms. The Hall–Kier alpha value is -2.46. The first kappa shape index (κ1) is 31.6. The largest absolute Gasteiger partial charge is 0.393 e. The highest BCUT2D eigenvalue weighted by molar-refractivity contribution is 5.33. The number of hydrogen-bond donors (Lipinski definition) is 2. The molecule has 0 aliphatic heterocycles. The van der Waals surface area contributed by atoms with Crippen molar-refractivity contribution < 1.29 is 19.7 Å². The van der Waals surface area contributed by atoms with Gasteiger partial charge in [0.2, 0.25) is 0 Å². The highest BCUT2D eigenvalue weighted by Crippen LogP contribution is 2.45. The molecule has 1 aliphatic carbocycles. The lowest BCUT2D eigenvalue weighted by Crippen LogP contribution is -2.45. The average molecular weight is 495 g/mol. The van der Waals surface area contributed by atoms with Crippen molar-refractivity contribution in [1.82, 2.24) is 0 Å². The molecule has 0 unspecified atom stereocenters. The van der Waals surface area contributed by atoms with Crippen molar-refractivity contribution in [1.29, 1.82) is 0 Å².